The van der Waals surface area contributed by atoms with Gasteiger partial charge in [0.2, 0.25) is 0 Å². The molecule has 0 aliphatic carbocycles. The zero-order valence-corrected chi connectivity index (χ0v) is 10.2. The van der Waals surface area contributed by atoms with Crippen molar-refractivity contribution in [3.8, 4) is 0 Å². The summed E-state index contributed by atoms with van der Waals surface area (Å²) in [7, 11) is -1.41. The normalized spacial score (nSPS) is 20.6. The molecule has 0 spiro atoms. The van der Waals surface area contributed by atoms with Crippen LogP contribution in [0.4, 0.5) is 0 Å². The first kappa shape index (κ1) is 13.4. The van der Waals surface area contributed by atoms with Crippen LogP contribution in [-0.4, -0.2) is 70.8 Å². The molecule has 16 heavy (non-hydrogen) atoms. The number of carbonyl (C=O) groups is 1. The fourth-order valence-corrected chi connectivity index (χ4v) is 2.70. The summed E-state index contributed by atoms with van der Waals surface area (Å²) >= 11 is 0. The zero-order valence-electron chi connectivity index (χ0n) is 9.35. The highest BCUT2D eigenvalue weighted by Gasteiger charge is 2.21. The minimum absolute atomic E-state index is 0.0472. The van der Waals surface area contributed by atoms with Gasteiger partial charge in [0.1, 0.15) is 13.2 Å². The summed E-state index contributed by atoms with van der Waals surface area (Å²) in [6.07, 6.45) is 0. The van der Waals surface area contributed by atoms with Gasteiger partial charge in [-0.3, -0.25) is 4.90 Å². The molecule has 94 valence electrons. The monoisotopic (exact) mass is 251 g/mol. The van der Waals surface area contributed by atoms with E-state index in [0.717, 1.165) is 0 Å². The molecule has 1 aliphatic heterocycles. The molecule has 1 fully saturated rings. The van der Waals surface area contributed by atoms with Crippen molar-refractivity contribution in [3.63, 3.8) is 0 Å². The van der Waals surface area contributed by atoms with E-state index in [-0.39, 0.29) is 24.7 Å². The average Bonchev–Trinajstić information content (AvgIpc) is 2.21. The number of esters is 1. The van der Waals surface area contributed by atoms with E-state index in [0.29, 0.717) is 19.6 Å². The van der Waals surface area contributed by atoms with E-state index < -0.39 is 15.8 Å². The van der Waals surface area contributed by atoms with Crippen LogP contribution in [0, 0.1) is 0 Å². The van der Waals surface area contributed by atoms with Crippen molar-refractivity contribution in [1.82, 2.24) is 4.90 Å². The number of nitrogens with zero attached hydrogens (tertiary/aromatic N) is 1. The lowest BCUT2D eigenvalue weighted by Crippen LogP contribution is -2.42. The van der Waals surface area contributed by atoms with Crippen LogP contribution < -0.4 is 0 Å². The molecule has 0 bridgehead atoms. The molecule has 0 N–H and O–H groups in total. The van der Waals surface area contributed by atoms with Gasteiger partial charge in [0.15, 0.2) is 9.84 Å². The van der Waals surface area contributed by atoms with Gasteiger partial charge < -0.3 is 9.47 Å². The molecule has 0 amide bonds. The maximum Gasteiger partial charge on any atom is 0.332 e. The minimum Gasteiger partial charge on any atom is -0.463 e. The van der Waals surface area contributed by atoms with Crippen LogP contribution in [0.25, 0.3) is 0 Å². The summed E-state index contributed by atoms with van der Waals surface area (Å²) in [6.45, 7) is 1.84. The second-order valence-electron chi connectivity index (χ2n) is 3.65. The Morgan fingerprint density at radius 2 is 1.94 bits per heavy atom. The fourth-order valence-electron chi connectivity index (χ4n) is 1.42. The number of carbonyl (C=O) groups excluding carboxylic acids is 1. The average molecular weight is 251 g/mol. The molecule has 1 heterocycles. The quantitative estimate of drug-likeness (QED) is 0.578. The van der Waals surface area contributed by atoms with Crippen LogP contribution in [0.1, 0.15) is 0 Å². The lowest BCUT2D eigenvalue weighted by molar-refractivity contribution is -0.148. The lowest BCUT2D eigenvalue weighted by Gasteiger charge is -2.25. The van der Waals surface area contributed by atoms with Gasteiger partial charge in [-0.2, -0.15) is 0 Å². The van der Waals surface area contributed by atoms with Crippen LogP contribution in [0.5, 0.6) is 0 Å². The SMILES string of the molecule is COCC(=O)OCCN1CCS(=O)(=O)CC1. The highest BCUT2D eigenvalue weighted by atomic mass is 32.2. The van der Waals surface area contributed by atoms with E-state index >= 15 is 0 Å². The maximum absolute atomic E-state index is 11.1. The summed E-state index contributed by atoms with van der Waals surface area (Å²) in [6, 6.07) is 0. The van der Waals surface area contributed by atoms with Crippen molar-refractivity contribution < 1.29 is 22.7 Å². The van der Waals surface area contributed by atoms with Gasteiger partial charge in [0, 0.05) is 26.7 Å². The molecule has 1 saturated heterocycles. The van der Waals surface area contributed by atoms with Gasteiger partial charge >= 0.3 is 5.97 Å². The first-order valence-electron chi connectivity index (χ1n) is 5.11. The van der Waals surface area contributed by atoms with Crippen molar-refractivity contribution in [3.05, 3.63) is 0 Å². The second kappa shape index (κ2) is 6.17. The molecule has 0 atom stereocenters. The number of methoxy groups -OCH3 is 1. The highest BCUT2D eigenvalue weighted by Crippen LogP contribution is 2.02. The molecular weight excluding hydrogens is 234 g/mol. The standard InChI is InChI=1S/C9H17NO5S/c1-14-8-9(11)15-5-2-10-3-6-16(12,13)7-4-10/h2-8H2,1H3. The molecular formula is C9H17NO5S. The van der Waals surface area contributed by atoms with Crippen molar-refractivity contribution in [2.75, 3.05) is 51.5 Å². The molecule has 7 heteroatoms. The van der Waals surface area contributed by atoms with Crippen molar-refractivity contribution in [2.45, 2.75) is 0 Å². The number of rotatable bonds is 5. The Hall–Kier alpha value is -0.660. The predicted octanol–water partition coefficient (Wildman–Crippen LogP) is -1.09. The Bertz CT molecular complexity index is 313. The van der Waals surface area contributed by atoms with Crippen LogP contribution >= 0.6 is 0 Å². The molecule has 0 unspecified atom stereocenters. The number of ether oxygens (including phenoxy) is 2. The van der Waals surface area contributed by atoms with Gasteiger partial charge in [0.25, 0.3) is 0 Å². The molecule has 0 saturated carbocycles. The van der Waals surface area contributed by atoms with E-state index in [2.05, 4.69) is 4.74 Å². The van der Waals surface area contributed by atoms with Crippen molar-refractivity contribution in [2.24, 2.45) is 0 Å². The largest absolute Gasteiger partial charge is 0.463 e. The molecule has 6 nitrogen and oxygen atoms in total. The third-order valence-corrected chi connectivity index (χ3v) is 3.98. The first-order chi connectivity index (χ1) is 7.53. The van der Waals surface area contributed by atoms with E-state index in [1.165, 1.54) is 7.11 Å². The Balaban J connectivity index is 2.13. The third kappa shape index (κ3) is 4.91. The van der Waals surface area contributed by atoms with E-state index in [4.69, 9.17) is 4.74 Å². The summed E-state index contributed by atoms with van der Waals surface area (Å²) in [5.41, 5.74) is 0. The summed E-state index contributed by atoms with van der Waals surface area (Å²) in [5, 5.41) is 0. The van der Waals surface area contributed by atoms with E-state index in [1.54, 1.807) is 0 Å². The summed E-state index contributed by atoms with van der Waals surface area (Å²) in [4.78, 5) is 12.9. The second-order valence-corrected chi connectivity index (χ2v) is 5.95. The van der Waals surface area contributed by atoms with Crippen molar-refractivity contribution >= 4 is 15.8 Å². The molecule has 0 aromatic rings. The Kier molecular flexibility index (Phi) is 5.17. The van der Waals surface area contributed by atoms with Gasteiger partial charge in [0.05, 0.1) is 11.5 Å². The fraction of sp³-hybridized carbons (Fsp3) is 0.889. The third-order valence-electron chi connectivity index (χ3n) is 2.37. The predicted molar refractivity (Wildman–Crippen MR) is 57.9 cm³/mol. The van der Waals surface area contributed by atoms with Gasteiger partial charge in [-0.1, -0.05) is 0 Å². The summed E-state index contributed by atoms with van der Waals surface area (Å²) < 4.78 is 31.8. The van der Waals surface area contributed by atoms with Crippen LogP contribution in [-0.2, 0) is 24.1 Å². The first-order valence-corrected chi connectivity index (χ1v) is 6.93. The summed E-state index contributed by atoms with van der Waals surface area (Å²) in [5.74, 6) is -0.00924. The lowest BCUT2D eigenvalue weighted by atomic mass is 10.5. The molecule has 0 aromatic heterocycles. The van der Waals surface area contributed by atoms with Crippen LogP contribution in [0.3, 0.4) is 0 Å². The van der Waals surface area contributed by atoms with Crippen LogP contribution in [0.15, 0.2) is 0 Å². The maximum atomic E-state index is 11.1. The van der Waals surface area contributed by atoms with Gasteiger partial charge in [-0.15, -0.1) is 0 Å². The topological polar surface area (TPSA) is 72.9 Å². The molecule has 1 rings (SSSR count). The zero-order chi connectivity index (χ0) is 12.0. The highest BCUT2D eigenvalue weighted by molar-refractivity contribution is 7.91. The van der Waals surface area contributed by atoms with Crippen LogP contribution in [0.2, 0.25) is 0 Å². The van der Waals surface area contributed by atoms with E-state index in [1.807, 2.05) is 4.90 Å². The van der Waals surface area contributed by atoms with Gasteiger partial charge in [-0.05, 0) is 0 Å². The molecule has 1 aliphatic rings. The number of sulfone groups is 1. The molecule has 0 radical (unpaired) electrons. The minimum atomic E-state index is -2.84. The number of hydrogen-bond acceptors (Lipinski definition) is 6. The van der Waals surface area contributed by atoms with E-state index in [9.17, 15) is 13.2 Å². The number of hydrogen-bond donors (Lipinski definition) is 0. The molecule has 0 aromatic carbocycles. The Morgan fingerprint density at radius 3 is 2.50 bits per heavy atom. The Labute approximate surface area is 95.4 Å². The smallest absolute Gasteiger partial charge is 0.332 e. The van der Waals surface area contributed by atoms with Crippen molar-refractivity contribution in [1.29, 1.82) is 0 Å². The Morgan fingerprint density at radius 1 is 1.31 bits per heavy atom. The van der Waals surface area contributed by atoms with Gasteiger partial charge in [-0.25, -0.2) is 13.2 Å².